The van der Waals surface area contributed by atoms with Crippen molar-refractivity contribution >= 4 is 12.6 Å². The molecule has 0 saturated carbocycles. The van der Waals surface area contributed by atoms with E-state index >= 15 is 0 Å². The summed E-state index contributed by atoms with van der Waals surface area (Å²) in [4.78, 5) is 0. The third-order valence-corrected chi connectivity index (χ3v) is 4.91. The molecule has 1 atom stereocenters. The molecule has 0 saturated heterocycles. The third-order valence-electron chi connectivity index (χ3n) is 4.02. The molecule has 0 aromatic rings. The molecule has 0 aliphatic heterocycles. The standard InChI is InChI=1S/C18H37S.Au/c1-2-3-4-5-6-7-8-9-10-11-12-13-14-15-16-17-18-19;/h18-19H,2-17H2,1H3;. The van der Waals surface area contributed by atoms with Crippen molar-refractivity contribution in [2.24, 2.45) is 0 Å². The molecule has 0 fully saturated rings. The molecule has 0 spiro atoms. The molecule has 0 aliphatic rings. The summed E-state index contributed by atoms with van der Waals surface area (Å²) < 4.78 is 0.539. The maximum atomic E-state index is 4.40. The van der Waals surface area contributed by atoms with Crippen LogP contribution in [0.25, 0.3) is 0 Å². The number of hydrogen-bond donors (Lipinski definition) is 1. The van der Waals surface area contributed by atoms with E-state index in [4.69, 9.17) is 0 Å². The van der Waals surface area contributed by atoms with Gasteiger partial charge in [0.2, 0.25) is 0 Å². The van der Waals surface area contributed by atoms with Crippen molar-refractivity contribution < 1.29 is 21.1 Å². The van der Waals surface area contributed by atoms with Gasteiger partial charge in [0.25, 0.3) is 0 Å². The van der Waals surface area contributed by atoms with Crippen LogP contribution in [-0.4, -0.2) is 3.47 Å². The van der Waals surface area contributed by atoms with Gasteiger partial charge in [-0.1, -0.05) is 39.0 Å². The summed E-state index contributed by atoms with van der Waals surface area (Å²) in [7, 11) is 0. The molecule has 0 aromatic heterocycles. The monoisotopic (exact) mass is 482 g/mol. The van der Waals surface area contributed by atoms with Gasteiger partial charge in [0.05, 0.1) is 0 Å². The second-order valence-corrected chi connectivity index (χ2v) is 9.21. The molecule has 0 radical (unpaired) electrons. The van der Waals surface area contributed by atoms with Crippen LogP contribution in [0.2, 0.25) is 0 Å². The number of rotatable bonds is 16. The van der Waals surface area contributed by atoms with E-state index < -0.39 is 0 Å². The van der Waals surface area contributed by atoms with Crippen molar-refractivity contribution in [3.63, 3.8) is 0 Å². The molecule has 0 bridgehead atoms. The fourth-order valence-electron chi connectivity index (χ4n) is 2.67. The molecule has 1 unspecified atom stereocenters. The molecule has 0 aromatic carbocycles. The van der Waals surface area contributed by atoms with Crippen molar-refractivity contribution in [1.82, 2.24) is 0 Å². The minimum atomic E-state index is 0.539. The van der Waals surface area contributed by atoms with E-state index in [-0.39, 0.29) is 0 Å². The summed E-state index contributed by atoms with van der Waals surface area (Å²) in [5.41, 5.74) is 0. The summed E-state index contributed by atoms with van der Waals surface area (Å²) in [6.45, 7) is 2.29. The van der Waals surface area contributed by atoms with Crippen molar-refractivity contribution in [2.45, 2.75) is 113 Å². The average molecular weight is 483 g/mol. The SMILES string of the molecule is CCCCCCCCCCCCCCCCC[CH](S)[Au]. The summed E-state index contributed by atoms with van der Waals surface area (Å²) in [6.07, 6.45) is 23.0. The predicted octanol–water partition coefficient (Wildman–Crippen LogP) is 7.05. The van der Waals surface area contributed by atoms with Crippen LogP contribution in [0.1, 0.15) is 110 Å². The van der Waals surface area contributed by atoms with Gasteiger partial charge in [0, 0.05) is 0 Å². The molecule has 20 heavy (non-hydrogen) atoms. The van der Waals surface area contributed by atoms with E-state index in [1.54, 1.807) is 0 Å². The summed E-state index contributed by atoms with van der Waals surface area (Å²) in [6, 6.07) is 0. The Hall–Kier alpha value is 1.09. The van der Waals surface area contributed by atoms with Crippen LogP contribution in [0, 0.1) is 0 Å². The zero-order chi connectivity index (χ0) is 14.9. The molecular formula is C18H37AuS. The quantitative estimate of drug-likeness (QED) is 0.136. The summed E-state index contributed by atoms with van der Waals surface area (Å²) >= 11 is 6.98. The van der Waals surface area contributed by atoms with E-state index in [0.717, 1.165) is 0 Å². The molecule has 0 aliphatic carbocycles. The maximum absolute atomic E-state index is 4.40. The van der Waals surface area contributed by atoms with Gasteiger partial charge in [-0.2, -0.15) is 0 Å². The first-order valence-corrected chi connectivity index (χ1v) is 10.8. The molecular weight excluding hydrogens is 445 g/mol. The van der Waals surface area contributed by atoms with Crippen LogP contribution < -0.4 is 0 Å². The van der Waals surface area contributed by atoms with Crippen LogP contribution in [0.4, 0.5) is 0 Å². The van der Waals surface area contributed by atoms with E-state index in [1.807, 2.05) is 0 Å². The van der Waals surface area contributed by atoms with E-state index in [0.29, 0.717) is 3.47 Å². The first-order valence-electron chi connectivity index (χ1n) is 9.05. The van der Waals surface area contributed by atoms with Crippen LogP contribution in [-0.2, 0) is 21.1 Å². The molecule has 2 heteroatoms. The van der Waals surface area contributed by atoms with E-state index in [9.17, 15) is 0 Å². The third kappa shape index (κ3) is 19.1. The second kappa shape index (κ2) is 18.1. The Morgan fingerprint density at radius 1 is 0.600 bits per heavy atom. The van der Waals surface area contributed by atoms with Gasteiger partial charge >= 0.3 is 108 Å². The Kier molecular flexibility index (Phi) is 19.1. The van der Waals surface area contributed by atoms with Gasteiger partial charge in [-0.3, -0.25) is 0 Å². The van der Waals surface area contributed by atoms with Gasteiger partial charge in [-0.15, -0.1) is 0 Å². The normalized spacial score (nSPS) is 12.8. The Morgan fingerprint density at radius 3 is 1.20 bits per heavy atom. The first-order chi connectivity index (χ1) is 9.77. The Bertz CT molecular complexity index is 171. The summed E-state index contributed by atoms with van der Waals surface area (Å²) in [5.74, 6) is 0. The zero-order valence-corrected chi connectivity index (χ0v) is 16.7. The van der Waals surface area contributed by atoms with Gasteiger partial charge in [-0.25, -0.2) is 0 Å². The van der Waals surface area contributed by atoms with Crippen molar-refractivity contribution in [3.8, 4) is 0 Å². The van der Waals surface area contributed by atoms with Crippen molar-refractivity contribution in [2.75, 3.05) is 0 Å². The Labute approximate surface area is 146 Å². The molecule has 0 heterocycles. The van der Waals surface area contributed by atoms with E-state index in [1.165, 1.54) is 103 Å². The van der Waals surface area contributed by atoms with Crippen LogP contribution >= 0.6 is 12.6 Å². The number of hydrogen-bond acceptors (Lipinski definition) is 1. The Balaban J connectivity index is 2.92. The molecule has 0 nitrogen and oxygen atoms in total. The Morgan fingerprint density at radius 2 is 0.900 bits per heavy atom. The second-order valence-electron chi connectivity index (χ2n) is 6.12. The van der Waals surface area contributed by atoms with Gasteiger partial charge in [-0.05, 0) is 0 Å². The van der Waals surface area contributed by atoms with Crippen molar-refractivity contribution in [1.29, 1.82) is 0 Å². The topological polar surface area (TPSA) is 0 Å². The van der Waals surface area contributed by atoms with Crippen molar-refractivity contribution in [3.05, 3.63) is 0 Å². The minimum absolute atomic E-state index is 0.539. The van der Waals surface area contributed by atoms with Gasteiger partial charge < -0.3 is 0 Å². The van der Waals surface area contributed by atoms with Gasteiger partial charge in [0.15, 0.2) is 0 Å². The zero-order valence-electron chi connectivity index (χ0n) is 13.6. The van der Waals surface area contributed by atoms with E-state index in [2.05, 4.69) is 40.6 Å². The number of thiol groups is 1. The molecule has 0 N–H and O–H groups in total. The fraction of sp³-hybridized carbons (Fsp3) is 1.00. The molecule has 0 rings (SSSR count). The van der Waals surface area contributed by atoms with Crippen LogP contribution in [0.5, 0.6) is 0 Å². The van der Waals surface area contributed by atoms with Crippen LogP contribution in [0.3, 0.4) is 0 Å². The van der Waals surface area contributed by atoms with Crippen LogP contribution in [0.15, 0.2) is 0 Å². The number of unbranched alkanes of at least 4 members (excludes halogenated alkanes) is 14. The summed E-state index contributed by atoms with van der Waals surface area (Å²) in [5, 5.41) is 0. The predicted molar refractivity (Wildman–Crippen MR) is 92.3 cm³/mol. The molecule has 0 amide bonds. The average Bonchev–Trinajstić information content (AvgIpc) is 2.43. The fourth-order valence-corrected chi connectivity index (χ4v) is 3.29. The van der Waals surface area contributed by atoms with Gasteiger partial charge in [0.1, 0.15) is 0 Å². The molecule has 126 valence electrons. The first kappa shape index (κ1) is 21.1.